The zero-order chi connectivity index (χ0) is 19.5. The maximum absolute atomic E-state index is 13.1. The fraction of sp³-hybridized carbons (Fsp3) is 0.176. The first-order chi connectivity index (χ1) is 13.7. The summed E-state index contributed by atoms with van der Waals surface area (Å²) in [7, 11) is 0. The van der Waals surface area contributed by atoms with Crippen LogP contribution in [0.5, 0.6) is 0 Å². The molecule has 0 radical (unpaired) electrons. The van der Waals surface area contributed by atoms with Gasteiger partial charge in [0.05, 0.1) is 11.4 Å². The number of rotatable bonds is 6. The molecule has 0 spiro atoms. The molecule has 11 heteroatoms. The molecule has 0 fully saturated rings. The van der Waals surface area contributed by atoms with Crippen LogP contribution in [0, 0.1) is 17.1 Å². The minimum Gasteiger partial charge on any atom is -0.382 e. The Morgan fingerprint density at radius 2 is 1.96 bits per heavy atom. The lowest BCUT2D eigenvalue weighted by atomic mass is 10.1. The van der Waals surface area contributed by atoms with Gasteiger partial charge in [-0.3, -0.25) is 0 Å². The predicted octanol–water partition coefficient (Wildman–Crippen LogP) is 1.34. The number of aromatic nitrogens is 7. The van der Waals surface area contributed by atoms with E-state index < -0.39 is 0 Å². The molecular formula is C17H15FN10. The summed E-state index contributed by atoms with van der Waals surface area (Å²) >= 11 is 0. The van der Waals surface area contributed by atoms with Gasteiger partial charge < -0.3 is 11.1 Å². The number of nitrogens with two attached hydrogens (primary N) is 1. The van der Waals surface area contributed by atoms with Crippen molar-refractivity contribution in [1.82, 2.24) is 35.0 Å². The summed E-state index contributed by atoms with van der Waals surface area (Å²) in [6.07, 6.45) is 1.24. The average Bonchev–Trinajstić information content (AvgIpc) is 3.29. The number of aryl methyl sites for hydroxylation is 1. The summed E-state index contributed by atoms with van der Waals surface area (Å²) in [4.78, 5) is 0. The van der Waals surface area contributed by atoms with Crippen molar-refractivity contribution in [3.63, 3.8) is 0 Å². The highest BCUT2D eigenvalue weighted by atomic mass is 19.1. The van der Waals surface area contributed by atoms with Gasteiger partial charge >= 0.3 is 0 Å². The van der Waals surface area contributed by atoms with E-state index in [9.17, 15) is 9.65 Å². The zero-order valence-corrected chi connectivity index (χ0v) is 14.6. The van der Waals surface area contributed by atoms with Crippen LogP contribution < -0.4 is 11.1 Å². The fourth-order valence-corrected chi connectivity index (χ4v) is 2.77. The summed E-state index contributed by atoms with van der Waals surface area (Å²) in [5.74, 6) is 0.522. The predicted molar refractivity (Wildman–Crippen MR) is 98.0 cm³/mol. The lowest BCUT2D eigenvalue weighted by molar-refractivity contribution is 0.627. The first-order valence-corrected chi connectivity index (χ1v) is 8.48. The summed E-state index contributed by atoms with van der Waals surface area (Å²) in [6, 6.07) is 11.4. The smallest absolute Gasteiger partial charge is 0.200 e. The van der Waals surface area contributed by atoms with Crippen molar-refractivity contribution in [3.8, 4) is 11.8 Å². The number of nitriles is 1. The minimum absolute atomic E-state index is 0.239. The van der Waals surface area contributed by atoms with Gasteiger partial charge in [-0.05, 0) is 59.7 Å². The Bertz CT molecular complexity index is 1160. The summed E-state index contributed by atoms with van der Waals surface area (Å²) < 4.78 is 15.9. The molecule has 0 saturated heterocycles. The Labute approximate surface area is 158 Å². The topological polar surface area (TPSA) is 136 Å². The highest BCUT2D eigenvalue weighted by Gasteiger charge is 2.16. The van der Waals surface area contributed by atoms with E-state index in [2.05, 4.69) is 37.1 Å². The van der Waals surface area contributed by atoms with Gasteiger partial charge in [0.25, 0.3) is 0 Å². The molecule has 0 unspecified atom stereocenters. The van der Waals surface area contributed by atoms with Gasteiger partial charge in [-0.25, -0.2) is 9.07 Å². The van der Waals surface area contributed by atoms with Crippen LogP contribution in [0.4, 0.5) is 16.0 Å². The number of halogens is 1. The van der Waals surface area contributed by atoms with Gasteiger partial charge in [-0.2, -0.15) is 10.4 Å². The largest absolute Gasteiger partial charge is 0.382 e. The number of hydrogen-bond donors (Lipinski definition) is 2. The first-order valence-electron chi connectivity index (χ1n) is 8.48. The number of anilines is 2. The second-order valence-electron chi connectivity index (χ2n) is 5.98. The van der Waals surface area contributed by atoms with E-state index in [0.717, 1.165) is 0 Å². The van der Waals surface area contributed by atoms with Crippen LogP contribution in [0.25, 0.3) is 11.3 Å². The molecule has 1 aromatic carbocycles. The molecule has 0 aliphatic carbocycles. The van der Waals surface area contributed by atoms with Crippen molar-refractivity contribution in [3.05, 3.63) is 53.5 Å². The second kappa shape index (κ2) is 7.28. The lowest BCUT2D eigenvalue weighted by Crippen LogP contribution is -2.07. The lowest BCUT2D eigenvalue weighted by Gasteiger charge is -2.04. The van der Waals surface area contributed by atoms with Crippen LogP contribution in [0.15, 0.2) is 36.4 Å². The molecular weight excluding hydrogens is 363 g/mol. The molecule has 0 amide bonds. The van der Waals surface area contributed by atoms with Crippen molar-refractivity contribution < 1.29 is 4.39 Å². The molecule has 28 heavy (non-hydrogen) atoms. The highest BCUT2D eigenvalue weighted by Crippen LogP contribution is 2.21. The van der Waals surface area contributed by atoms with Crippen LogP contribution in [0.2, 0.25) is 0 Å². The van der Waals surface area contributed by atoms with Gasteiger partial charge in [-0.1, -0.05) is 0 Å². The molecule has 10 nitrogen and oxygen atoms in total. The number of nitrogens with zero attached hydrogens (tertiary/aromatic N) is 8. The third-order valence-corrected chi connectivity index (χ3v) is 4.14. The molecule has 0 bridgehead atoms. The second-order valence-corrected chi connectivity index (χ2v) is 5.98. The first kappa shape index (κ1) is 17.3. The minimum atomic E-state index is -0.352. The van der Waals surface area contributed by atoms with E-state index >= 15 is 0 Å². The molecule has 3 aromatic heterocycles. The van der Waals surface area contributed by atoms with Crippen LogP contribution >= 0.6 is 0 Å². The van der Waals surface area contributed by atoms with E-state index in [1.807, 2.05) is 0 Å². The van der Waals surface area contributed by atoms with E-state index in [1.165, 1.54) is 21.4 Å². The van der Waals surface area contributed by atoms with E-state index in [0.29, 0.717) is 47.8 Å². The van der Waals surface area contributed by atoms with Crippen molar-refractivity contribution >= 4 is 17.3 Å². The Kier molecular flexibility index (Phi) is 4.51. The molecule has 140 valence electrons. The number of benzene rings is 1. The maximum Gasteiger partial charge on any atom is 0.200 e. The third-order valence-electron chi connectivity index (χ3n) is 4.14. The average molecular weight is 378 g/mol. The molecule has 4 aromatic rings. The van der Waals surface area contributed by atoms with E-state index in [1.54, 1.807) is 24.3 Å². The normalized spacial score (nSPS) is 10.9. The van der Waals surface area contributed by atoms with E-state index in [4.69, 9.17) is 5.73 Å². The monoisotopic (exact) mass is 378 g/mol. The Hall–Kier alpha value is -4.07. The zero-order valence-electron chi connectivity index (χ0n) is 14.6. The van der Waals surface area contributed by atoms with Crippen molar-refractivity contribution in [1.29, 1.82) is 5.26 Å². The molecule has 0 saturated carbocycles. The molecule has 0 aliphatic heterocycles. The fourth-order valence-electron chi connectivity index (χ4n) is 2.77. The summed E-state index contributed by atoms with van der Waals surface area (Å²) in [5, 5.41) is 32.3. The van der Waals surface area contributed by atoms with Gasteiger partial charge in [-0.15, -0.1) is 14.8 Å². The number of hydrogen-bond acceptors (Lipinski definition) is 8. The molecule has 3 N–H and O–H groups in total. The van der Waals surface area contributed by atoms with Gasteiger partial charge in [0, 0.05) is 6.54 Å². The van der Waals surface area contributed by atoms with E-state index in [-0.39, 0.29) is 11.6 Å². The van der Waals surface area contributed by atoms with Crippen LogP contribution in [-0.2, 0) is 6.42 Å². The SMILES string of the molecule is N#Cc1c(CCCNc2ccc3nnnn3n2)nn(-c2ccc(F)cc2)c1N. The van der Waals surface area contributed by atoms with Crippen LogP contribution in [0.1, 0.15) is 17.7 Å². The Morgan fingerprint density at radius 3 is 2.75 bits per heavy atom. The van der Waals surface area contributed by atoms with Crippen LogP contribution in [-0.4, -0.2) is 41.6 Å². The Morgan fingerprint density at radius 1 is 1.14 bits per heavy atom. The molecule has 4 rings (SSSR count). The summed E-state index contributed by atoms with van der Waals surface area (Å²) in [5.41, 5.74) is 8.14. The van der Waals surface area contributed by atoms with Gasteiger partial charge in [0.1, 0.15) is 29.1 Å². The number of nitrogens with one attached hydrogen (secondary N) is 1. The quantitative estimate of drug-likeness (QED) is 0.480. The van der Waals surface area contributed by atoms with Crippen molar-refractivity contribution in [2.75, 3.05) is 17.6 Å². The van der Waals surface area contributed by atoms with Crippen LogP contribution in [0.3, 0.4) is 0 Å². The van der Waals surface area contributed by atoms with Crippen molar-refractivity contribution in [2.24, 2.45) is 0 Å². The number of fused-ring (bicyclic) bond motifs is 1. The van der Waals surface area contributed by atoms with Gasteiger partial charge in [0.2, 0.25) is 0 Å². The molecule has 0 atom stereocenters. The number of tetrazole rings is 1. The maximum atomic E-state index is 13.1. The number of nitrogen functional groups attached to an aromatic ring is 1. The molecule has 3 heterocycles. The van der Waals surface area contributed by atoms with Gasteiger partial charge in [0.15, 0.2) is 5.65 Å². The Balaban J connectivity index is 1.43. The standard InChI is InChI=1S/C17H15FN10/c18-11-3-5-12(6-4-11)27-17(20)13(10-19)14(23-27)2-1-9-21-15-7-8-16-22-25-26-28(16)24-15/h3-8H,1-2,9,20H2,(H,21,24). The van der Waals surface area contributed by atoms with Crippen molar-refractivity contribution in [2.45, 2.75) is 12.8 Å². The summed E-state index contributed by atoms with van der Waals surface area (Å²) in [6.45, 7) is 0.606. The highest BCUT2D eigenvalue weighted by molar-refractivity contribution is 5.56. The third kappa shape index (κ3) is 3.30. The molecule has 0 aliphatic rings.